The fourth-order valence-corrected chi connectivity index (χ4v) is 10.1. The summed E-state index contributed by atoms with van der Waals surface area (Å²) in [5.41, 5.74) is 17.6. The van der Waals surface area contributed by atoms with E-state index in [4.69, 9.17) is 11.5 Å². The van der Waals surface area contributed by atoms with Crippen LogP contribution in [0.25, 0.3) is 11.1 Å². The van der Waals surface area contributed by atoms with Crippen LogP contribution in [0.15, 0.2) is 72.8 Å². The van der Waals surface area contributed by atoms with Crippen molar-refractivity contribution in [1.29, 1.82) is 0 Å². The molecule has 6 fully saturated rings. The first-order valence-electron chi connectivity index (χ1n) is 19.5. The summed E-state index contributed by atoms with van der Waals surface area (Å²) in [4.78, 5) is 48.5. The molecule has 0 aromatic heterocycles. The maximum absolute atomic E-state index is 12.5. The Morgan fingerprint density at radius 3 is 1.16 bits per heavy atom. The van der Waals surface area contributed by atoms with Crippen molar-refractivity contribution in [2.75, 3.05) is 91.6 Å². The molecule has 2 amide bonds. The number of fused-ring (bicyclic) bond motifs is 6. The van der Waals surface area contributed by atoms with Gasteiger partial charge in [-0.25, -0.2) is 0 Å². The standard InChI is InChI=1S/C42H52N6O6.4ClH/c43-39(49)29-47-16-10-45(11-17-47,12-18-47)27-33-22-34(28-46-13-19-48(20-14-46,21-15-46)30-40(44)50)24-36(23-33)35-8-6-32(7-9-35)26-38(42(53)54)37(41(51)52)25-31-4-2-1-3-5-31;;;;/h1-9,22-24,37-38H,10-21,25-30H2,(H2-4,43,44,49,50,51,52,53,54);4*1H/t37-,38-,45?,46?,47?,48?;;;;/m1..../s1. The molecule has 2 atom stereocenters. The molecule has 6 N–H and O–H groups in total. The molecule has 58 heavy (non-hydrogen) atoms. The SMILES string of the molecule is NC(=O)C[N+]12CC[N+](Cc3cc(C[N+]45CC[N+](CC(N)=O)(CC4)CC5)cc(-c4ccc(C[C@@H](C(=O)O)[C@@H](Cc5ccccc5)C(=O)O)cc4)c3)(CC1)CC2.[Cl-].[Cl-].[Cl-].[Cl-]. The molecule has 6 heterocycles. The number of carbonyl (C=O) groups is 4. The molecule has 3 aromatic rings. The van der Waals surface area contributed by atoms with E-state index in [-0.39, 0.29) is 74.3 Å². The smallest absolute Gasteiger partial charge is 0.307 e. The number of hydrogen-bond acceptors (Lipinski definition) is 4. The monoisotopic (exact) mass is 880 g/mol. The molecule has 9 rings (SSSR count). The Bertz CT molecular complexity index is 1800. The van der Waals surface area contributed by atoms with Crippen LogP contribution in [-0.2, 0) is 45.1 Å². The highest BCUT2D eigenvalue weighted by atomic mass is 35.5. The number of quaternary nitrogens is 4. The van der Waals surface area contributed by atoms with Gasteiger partial charge in [0.1, 0.15) is 91.6 Å². The van der Waals surface area contributed by atoms with Gasteiger partial charge in [0, 0.05) is 11.1 Å². The Kier molecular flexibility index (Phi) is 16.6. The number of nitrogens with two attached hydrogens (primary N) is 2. The van der Waals surface area contributed by atoms with Crippen LogP contribution >= 0.6 is 0 Å². The average molecular weight is 883 g/mol. The molecule has 12 nitrogen and oxygen atoms in total. The summed E-state index contributed by atoms with van der Waals surface area (Å²) in [6.45, 7) is 14.6. The van der Waals surface area contributed by atoms with Gasteiger partial charge < -0.3 is 89.2 Å². The number of carboxylic acids is 2. The first kappa shape index (κ1) is 48.9. The number of benzene rings is 3. The first-order chi connectivity index (χ1) is 25.8. The number of primary amides is 2. The minimum atomic E-state index is -1.11. The van der Waals surface area contributed by atoms with E-state index in [0.717, 1.165) is 132 Å². The number of aliphatic carboxylic acids is 2. The lowest BCUT2D eigenvalue weighted by Crippen LogP contribution is -3.00. The van der Waals surface area contributed by atoms with Crippen LogP contribution < -0.4 is 61.1 Å². The highest BCUT2D eigenvalue weighted by Gasteiger charge is 2.51. The van der Waals surface area contributed by atoms with Crippen LogP contribution in [0.5, 0.6) is 0 Å². The van der Waals surface area contributed by atoms with E-state index in [1.807, 2.05) is 54.6 Å². The average Bonchev–Trinajstić information content (AvgIpc) is 3.14. The molecule has 318 valence electrons. The molecule has 0 saturated carbocycles. The van der Waals surface area contributed by atoms with E-state index in [9.17, 15) is 29.4 Å². The van der Waals surface area contributed by atoms with E-state index in [0.29, 0.717) is 13.1 Å². The fourth-order valence-electron chi connectivity index (χ4n) is 10.1. The zero-order valence-electron chi connectivity index (χ0n) is 32.8. The van der Waals surface area contributed by atoms with E-state index in [1.165, 1.54) is 11.1 Å². The summed E-state index contributed by atoms with van der Waals surface area (Å²) in [5, 5.41) is 20.3. The van der Waals surface area contributed by atoms with Crippen molar-refractivity contribution in [2.45, 2.75) is 25.9 Å². The molecular formula is C42H56Cl4N6O6. The van der Waals surface area contributed by atoms with Gasteiger partial charge in [0.25, 0.3) is 11.8 Å². The Morgan fingerprint density at radius 1 is 0.466 bits per heavy atom. The molecular weight excluding hydrogens is 826 g/mol. The van der Waals surface area contributed by atoms with Crippen LogP contribution in [0.1, 0.15) is 22.3 Å². The maximum atomic E-state index is 12.5. The third kappa shape index (κ3) is 11.0. The van der Waals surface area contributed by atoms with E-state index in [1.54, 1.807) is 0 Å². The van der Waals surface area contributed by atoms with Crippen LogP contribution in [0.4, 0.5) is 0 Å². The van der Waals surface area contributed by atoms with Crippen LogP contribution in [0, 0.1) is 11.8 Å². The van der Waals surface area contributed by atoms with Gasteiger partial charge in [-0.2, -0.15) is 0 Å². The normalized spacial score (nSPS) is 26.3. The topological polar surface area (TPSA) is 161 Å². The third-order valence-electron chi connectivity index (χ3n) is 13.5. The van der Waals surface area contributed by atoms with Crippen molar-refractivity contribution in [3.63, 3.8) is 0 Å². The summed E-state index contributed by atoms with van der Waals surface area (Å²) in [7, 11) is 0. The second kappa shape index (κ2) is 19.7. The molecule has 6 saturated heterocycles. The van der Waals surface area contributed by atoms with Crippen LogP contribution in [-0.4, -0.2) is 144 Å². The number of carbonyl (C=O) groups excluding carboxylic acids is 2. The van der Waals surface area contributed by atoms with Gasteiger partial charge in [0.05, 0.1) is 11.8 Å². The van der Waals surface area contributed by atoms with Crippen molar-refractivity contribution < 1.29 is 97.0 Å². The minimum absolute atomic E-state index is 0. The number of rotatable bonds is 16. The molecule has 0 aliphatic carbocycles. The molecule has 3 aromatic carbocycles. The highest BCUT2D eigenvalue weighted by molar-refractivity contribution is 5.80. The van der Waals surface area contributed by atoms with Gasteiger partial charge in [0.15, 0.2) is 13.1 Å². The molecule has 6 aliphatic heterocycles. The lowest BCUT2D eigenvalue weighted by molar-refractivity contribution is -1.08. The molecule has 0 unspecified atom stereocenters. The van der Waals surface area contributed by atoms with Crippen molar-refractivity contribution in [2.24, 2.45) is 23.3 Å². The second-order valence-electron chi connectivity index (χ2n) is 17.1. The third-order valence-corrected chi connectivity index (χ3v) is 13.5. The van der Waals surface area contributed by atoms with Crippen LogP contribution in [0.2, 0.25) is 0 Å². The van der Waals surface area contributed by atoms with Crippen molar-refractivity contribution in [3.05, 3.63) is 95.1 Å². The predicted molar refractivity (Wildman–Crippen MR) is 203 cm³/mol. The number of amides is 2. The maximum Gasteiger partial charge on any atom is 0.307 e. The van der Waals surface area contributed by atoms with E-state index < -0.39 is 23.8 Å². The summed E-state index contributed by atoms with van der Waals surface area (Å²) >= 11 is 0. The number of nitrogens with zero attached hydrogens (tertiary/aromatic N) is 4. The van der Waals surface area contributed by atoms with Gasteiger partial charge in [-0.1, -0.05) is 54.6 Å². The summed E-state index contributed by atoms with van der Waals surface area (Å²) < 4.78 is 3.64. The van der Waals surface area contributed by atoms with Gasteiger partial charge in [-0.15, -0.1) is 0 Å². The van der Waals surface area contributed by atoms with Gasteiger partial charge in [-0.05, 0) is 53.3 Å². The second-order valence-corrected chi connectivity index (χ2v) is 17.1. The molecule has 0 spiro atoms. The first-order valence-corrected chi connectivity index (χ1v) is 19.5. The molecule has 6 aliphatic rings. The summed E-state index contributed by atoms with van der Waals surface area (Å²) in [5.74, 6) is -4.79. The zero-order chi connectivity index (χ0) is 38.1. The van der Waals surface area contributed by atoms with E-state index in [2.05, 4.69) is 18.2 Å². The summed E-state index contributed by atoms with van der Waals surface area (Å²) in [6, 6.07) is 24.2. The molecule has 4 bridgehead atoms. The quantitative estimate of drug-likeness (QED) is 0.105. The number of carboxylic acid groups (broad SMARTS) is 2. The number of hydrogen-bond donors (Lipinski definition) is 4. The summed E-state index contributed by atoms with van der Waals surface area (Å²) in [6.07, 6.45) is 0.271. The Morgan fingerprint density at radius 2 is 0.810 bits per heavy atom. The van der Waals surface area contributed by atoms with Gasteiger partial charge >= 0.3 is 11.9 Å². The number of halogens is 4. The minimum Gasteiger partial charge on any atom is -1.00 e. The van der Waals surface area contributed by atoms with Crippen molar-refractivity contribution in [3.8, 4) is 11.1 Å². The molecule has 16 heteroatoms. The Hall–Kier alpha value is -3.46. The van der Waals surface area contributed by atoms with Crippen molar-refractivity contribution >= 4 is 23.8 Å². The fraction of sp³-hybridized carbons (Fsp3) is 0.476. The highest BCUT2D eigenvalue weighted by Crippen LogP contribution is 2.34. The number of piperazine rings is 6. The lowest BCUT2D eigenvalue weighted by atomic mass is 9.82. The van der Waals surface area contributed by atoms with Gasteiger partial charge in [-0.3, -0.25) is 19.2 Å². The zero-order valence-corrected chi connectivity index (χ0v) is 35.8. The predicted octanol–water partition coefficient (Wildman–Crippen LogP) is -10.2. The largest absolute Gasteiger partial charge is 1.00 e. The van der Waals surface area contributed by atoms with Crippen LogP contribution in [0.3, 0.4) is 0 Å². The van der Waals surface area contributed by atoms with Gasteiger partial charge in [0.2, 0.25) is 0 Å². The van der Waals surface area contributed by atoms with Crippen molar-refractivity contribution in [1.82, 2.24) is 0 Å². The Balaban J connectivity index is 0.00000225. The lowest BCUT2D eigenvalue weighted by Gasteiger charge is -2.55. The Labute approximate surface area is 366 Å². The van der Waals surface area contributed by atoms with E-state index >= 15 is 0 Å². The molecule has 0 radical (unpaired) electrons.